The number of hydrogen-bond donors (Lipinski definition) is 2. The Labute approximate surface area is 128 Å². The third kappa shape index (κ3) is 4.46. The molecule has 116 valence electrons. The van der Waals surface area contributed by atoms with E-state index in [2.05, 4.69) is 10.4 Å². The number of anilines is 1. The van der Waals surface area contributed by atoms with E-state index >= 15 is 0 Å². The zero-order valence-corrected chi connectivity index (χ0v) is 12.7. The lowest BCUT2D eigenvalue weighted by Crippen LogP contribution is -2.31. The number of nitrogens with two attached hydrogens (primary N) is 1. The van der Waals surface area contributed by atoms with Crippen LogP contribution in [0.1, 0.15) is 38.5 Å². The van der Waals surface area contributed by atoms with Crippen LogP contribution in [0.25, 0.3) is 0 Å². The van der Waals surface area contributed by atoms with Crippen LogP contribution in [0.3, 0.4) is 0 Å². The number of primary amides is 1. The molecule has 1 aliphatic rings. The van der Waals surface area contributed by atoms with Gasteiger partial charge in [-0.1, -0.05) is 18.0 Å². The fourth-order valence-electron chi connectivity index (χ4n) is 2.32. The van der Waals surface area contributed by atoms with Crippen LogP contribution in [-0.2, 0) is 11.3 Å². The Kier molecular flexibility index (Phi) is 5.61. The van der Waals surface area contributed by atoms with E-state index in [1.165, 1.54) is 17.3 Å². The van der Waals surface area contributed by atoms with Gasteiger partial charge in [-0.25, -0.2) is 4.68 Å². The summed E-state index contributed by atoms with van der Waals surface area (Å²) in [5.41, 5.74) is 5.29. The highest BCUT2D eigenvalue weighted by molar-refractivity contribution is 6.32. The second-order valence-electron chi connectivity index (χ2n) is 5.50. The largest absolute Gasteiger partial charge is 0.379 e. The van der Waals surface area contributed by atoms with Gasteiger partial charge in [0, 0.05) is 19.5 Å². The van der Waals surface area contributed by atoms with Crippen LogP contribution < -0.4 is 16.6 Å². The Morgan fingerprint density at radius 3 is 2.86 bits per heavy atom. The first-order valence-electron chi connectivity index (χ1n) is 7.35. The van der Waals surface area contributed by atoms with Crippen LogP contribution >= 0.6 is 11.6 Å². The molecule has 7 heteroatoms. The molecule has 1 aromatic heterocycles. The van der Waals surface area contributed by atoms with Crippen LogP contribution in [0.5, 0.6) is 0 Å². The van der Waals surface area contributed by atoms with Gasteiger partial charge in [0.05, 0.1) is 11.2 Å². The molecule has 1 saturated carbocycles. The van der Waals surface area contributed by atoms with Crippen molar-refractivity contribution in [3.05, 3.63) is 21.6 Å². The fraction of sp³-hybridized carbons (Fsp3) is 0.643. The summed E-state index contributed by atoms with van der Waals surface area (Å²) in [6.07, 6.45) is 6.87. The summed E-state index contributed by atoms with van der Waals surface area (Å²) in [5, 5.41) is 7.48. The van der Waals surface area contributed by atoms with Gasteiger partial charge in [-0.05, 0) is 31.6 Å². The maximum atomic E-state index is 12.3. The molecule has 1 aliphatic carbocycles. The molecule has 0 saturated heterocycles. The highest BCUT2D eigenvalue weighted by Crippen LogP contribution is 2.27. The van der Waals surface area contributed by atoms with Gasteiger partial charge in [-0.3, -0.25) is 9.59 Å². The number of rotatable bonds is 8. The van der Waals surface area contributed by atoms with Crippen LogP contribution in [0.15, 0.2) is 11.0 Å². The molecule has 1 amide bonds. The van der Waals surface area contributed by atoms with Gasteiger partial charge in [0.1, 0.15) is 5.69 Å². The van der Waals surface area contributed by atoms with Crippen LogP contribution in [0.2, 0.25) is 5.02 Å². The highest BCUT2D eigenvalue weighted by atomic mass is 35.5. The average molecular weight is 313 g/mol. The van der Waals surface area contributed by atoms with E-state index in [9.17, 15) is 9.59 Å². The van der Waals surface area contributed by atoms with Gasteiger partial charge in [-0.15, -0.1) is 0 Å². The molecule has 6 nitrogen and oxygen atoms in total. The maximum absolute atomic E-state index is 12.3. The minimum atomic E-state index is -0.306. The number of hydrogen-bond acceptors (Lipinski definition) is 4. The summed E-state index contributed by atoms with van der Waals surface area (Å²) in [5.74, 6) is 0.250. The van der Waals surface area contributed by atoms with Crippen molar-refractivity contribution in [2.75, 3.05) is 11.9 Å². The Bertz CT molecular complexity index is 554. The molecule has 0 unspecified atom stereocenters. The molecule has 0 radical (unpaired) electrons. The number of halogens is 1. The van der Waals surface area contributed by atoms with Crippen molar-refractivity contribution < 1.29 is 4.79 Å². The molecule has 3 N–H and O–H groups in total. The summed E-state index contributed by atoms with van der Waals surface area (Å²) < 4.78 is 1.49. The first-order valence-corrected chi connectivity index (χ1v) is 7.73. The van der Waals surface area contributed by atoms with Crippen molar-refractivity contribution >= 4 is 23.2 Å². The smallest absolute Gasteiger partial charge is 0.291 e. The lowest BCUT2D eigenvalue weighted by atomic mass is 9.85. The number of carbonyl (C=O) groups is 1. The summed E-state index contributed by atoms with van der Waals surface area (Å²) >= 11 is 6.04. The normalized spacial score (nSPS) is 14.7. The number of carbonyl (C=O) groups excluding carboxylic acids is 1. The molecule has 0 aromatic carbocycles. The molecular weight excluding hydrogens is 292 g/mol. The van der Waals surface area contributed by atoms with E-state index in [1.54, 1.807) is 0 Å². The summed E-state index contributed by atoms with van der Waals surface area (Å²) in [7, 11) is 0. The quantitative estimate of drug-likeness (QED) is 0.716. The molecular formula is C14H21ClN4O2. The minimum Gasteiger partial charge on any atom is -0.379 e. The fourth-order valence-corrected chi connectivity index (χ4v) is 2.51. The van der Waals surface area contributed by atoms with Crippen LogP contribution in [0, 0.1) is 5.92 Å². The van der Waals surface area contributed by atoms with Crippen molar-refractivity contribution in [2.24, 2.45) is 11.7 Å². The first kappa shape index (κ1) is 15.8. The van der Waals surface area contributed by atoms with E-state index < -0.39 is 0 Å². The zero-order chi connectivity index (χ0) is 15.2. The van der Waals surface area contributed by atoms with Gasteiger partial charge in [-0.2, -0.15) is 5.10 Å². The van der Waals surface area contributed by atoms with E-state index in [0.717, 1.165) is 19.3 Å². The molecule has 0 spiro atoms. The summed E-state index contributed by atoms with van der Waals surface area (Å²) in [6.45, 7) is 1.24. The van der Waals surface area contributed by atoms with Gasteiger partial charge >= 0.3 is 0 Å². The summed E-state index contributed by atoms with van der Waals surface area (Å²) in [6, 6.07) is 0. The predicted molar refractivity (Wildman–Crippen MR) is 82.4 cm³/mol. The monoisotopic (exact) mass is 312 g/mol. The van der Waals surface area contributed by atoms with Gasteiger partial charge in [0.15, 0.2) is 0 Å². The highest BCUT2D eigenvalue weighted by Gasteiger charge is 2.20. The molecule has 0 aliphatic heterocycles. The third-order valence-electron chi connectivity index (χ3n) is 3.81. The average Bonchev–Trinajstić information content (AvgIpc) is 2.38. The zero-order valence-electron chi connectivity index (χ0n) is 12.0. The van der Waals surface area contributed by atoms with Crippen molar-refractivity contribution in [2.45, 2.75) is 45.1 Å². The second-order valence-corrected chi connectivity index (χ2v) is 5.91. The van der Waals surface area contributed by atoms with Crippen molar-refractivity contribution in [1.29, 1.82) is 0 Å². The van der Waals surface area contributed by atoms with Crippen molar-refractivity contribution in [3.63, 3.8) is 0 Å². The molecule has 21 heavy (non-hydrogen) atoms. The SMILES string of the molecule is NC(=O)CCCCNc1c(Cl)cnn(CC2CCC2)c1=O. The number of unbranched alkanes of at least 4 members (excludes halogenated alkanes) is 1. The van der Waals surface area contributed by atoms with Gasteiger partial charge in [0.2, 0.25) is 5.91 Å². The minimum absolute atomic E-state index is 0.177. The lowest BCUT2D eigenvalue weighted by molar-refractivity contribution is -0.118. The van der Waals surface area contributed by atoms with E-state index in [-0.39, 0.29) is 11.5 Å². The van der Waals surface area contributed by atoms with Crippen LogP contribution in [-0.4, -0.2) is 22.2 Å². The Morgan fingerprint density at radius 2 is 2.24 bits per heavy atom. The van der Waals surface area contributed by atoms with Crippen LogP contribution in [0.4, 0.5) is 5.69 Å². The van der Waals surface area contributed by atoms with Crippen molar-refractivity contribution in [3.8, 4) is 0 Å². The standard InChI is InChI=1S/C14H21ClN4O2/c15-11-8-18-19(9-10-4-3-5-10)14(21)13(11)17-7-2-1-6-12(16)20/h8,10,17H,1-7,9H2,(H2,16,20). The van der Waals surface area contributed by atoms with Gasteiger partial charge in [0.25, 0.3) is 5.56 Å². The lowest BCUT2D eigenvalue weighted by Gasteiger charge is -2.25. The number of amides is 1. The number of nitrogens with zero attached hydrogens (tertiary/aromatic N) is 2. The molecule has 2 rings (SSSR count). The molecule has 0 atom stereocenters. The number of aromatic nitrogens is 2. The number of nitrogens with one attached hydrogen (secondary N) is 1. The topological polar surface area (TPSA) is 90.0 Å². The second kappa shape index (κ2) is 7.45. The first-order chi connectivity index (χ1) is 10.1. The van der Waals surface area contributed by atoms with Gasteiger partial charge < -0.3 is 11.1 Å². The molecule has 1 heterocycles. The molecule has 1 aromatic rings. The molecule has 0 bridgehead atoms. The third-order valence-corrected chi connectivity index (χ3v) is 4.09. The van der Waals surface area contributed by atoms with E-state index in [1.807, 2.05) is 0 Å². The summed E-state index contributed by atoms with van der Waals surface area (Å²) in [4.78, 5) is 23.0. The van der Waals surface area contributed by atoms with Crippen molar-refractivity contribution in [1.82, 2.24) is 9.78 Å². The Hall–Kier alpha value is -1.56. The molecule has 1 fully saturated rings. The Balaban J connectivity index is 1.92. The maximum Gasteiger partial charge on any atom is 0.291 e. The van der Waals surface area contributed by atoms with E-state index in [0.29, 0.717) is 42.6 Å². The Morgan fingerprint density at radius 1 is 1.48 bits per heavy atom. The van der Waals surface area contributed by atoms with E-state index in [4.69, 9.17) is 17.3 Å². The predicted octanol–water partition coefficient (Wildman–Crippen LogP) is 1.76.